The molecule has 0 aromatic carbocycles. The first-order valence-electron chi connectivity index (χ1n) is 6.09. The zero-order chi connectivity index (χ0) is 13.3. The molecule has 3 N–H and O–H groups in total. The Morgan fingerprint density at radius 2 is 2.11 bits per heavy atom. The lowest BCUT2D eigenvalue weighted by Gasteiger charge is -2.32. The maximum Gasteiger partial charge on any atom is 0.329 e. The normalized spacial score (nSPS) is 25.5. The fraction of sp³-hybridized carbons (Fsp3) is 1.00. The van der Waals surface area contributed by atoms with Crippen LogP contribution in [-0.4, -0.2) is 75.8 Å². The molecule has 1 heterocycles. The van der Waals surface area contributed by atoms with Crippen molar-refractivity contribution in [3.8, 4) is 0 Å². The Kier molecular flexibility index (Phi) is 8.21. The predicted octanol–water partition coefficient (Wildman–Crippen LogP) is -0.352. The second kappa shape index (κ2) is 9.12. The summed E-state index contributed by atoms with van der Waals surface area (Å²) in [5, 5.41) is 0. The number of hydrogen-bond donors (Lipinski definition) is 2. The van der Waals surface area contributed by atoms with Gasteiger partial charge in [-0.25, -0.2) is 0 Å². The molecule has 7 nitrogen and oxygen atoms in total. The van der Waals surface area contributed by atoms with Crippen molar-refractivity contribution in [1.29, 1.82) is 0 Å². The molecular formula is C10H24N2O5P+. The summed E-state index contributed by atoms with van der Waals surface area (Å²) in [6.07, 6.45) is 0. The van der Waals surface area contributed by atoms with Crippen LogP contribution in [-0.2, 0) is 18.5 Å². The predicted molar refractivity (Wildman–Crippen MR) is 67.7 cm³/mol. The largest absolute Gasteiger partial charge is 0.374 e. The third-order valence-electron chi connectivity index (χ3n) is 2.97. The summed E-state index contributed by atoms with van der Waals surface area (Å²) in [6.45, 7) is 6.29. The van der Waals surface area contributed by atoms with Crippen molar-refractivity contribution in [3.63, 3.8) is 0 Å². The monoisotopic (exact) mass is 283 g/mol. The molecule has 1 fully saturated rings. The van der Waals surface area contributed by atoms with Crippen molar-refractivity contribution < 1.29 is 27.9 Å². The van der Waals surface area contributed by atoms with Crippen LogP contribution in [0.15, 0.2) is 0 Å². The minimum atomic E-state index is -1.74. The van der Waals surface area contributed by atoms with Crippen molar-refractivity contribution in [2.45, 2.75) is 0 Å². The molecule has 108 valence electrons. The molecule has 18 heavy (non-hydrogen) atoms. The molecule has 1 aliphatic rings. The van der Waals surface area contributed by atoms with Gasteiger partial charge in [0.25, 0.3) is 0 Å². The summed E-state index contributed by atoms with van der Waals surface area (Å²) >= 11 is 0. The van der Waals surface area contributed by atoms with Gasteiger partial charge in [0.1, 0.15) is 32.8 Å². The molecule has 0 aromatic rings. The Bertz CT molecular complexity index is 216. The van der Waals surface area contributed by atoms with Crippen molar-refractivity contribution in [2.75, 3.05) is 66.4 Å². The van der Waals surface area contributed by atoms with E-state index in [1.54, 1.807) is 0 Å². The highest BCUT2D eigenvalue weighted by Gasteiger charge is 2.32. The van der Waals surface area contributed by atoms with Crippen LogP contribution in [0.2, 0.25) is 0 Å². The van der Waals surface area contributed by atoms with Crippen LogP contribution in [0.25, 0.3) is 0 Å². The van der Waals surface area contributed by atoms with Gasteiger partial charge >= 0.3 is 8.60 Å². The topological polar surface area (TPSA) is 83.2 Å². The zero-order valence-corrected chi connectivity index (χ0v) is 11.8. The minimum Gasteiger partial charge on any atom is -0.374 e. The summed E-state index contributed by atoms with van der Waals surface area (Å²) in [5.74, 6) is 0. The van der Waals surface area contributed by atoms with Crippen molar-refractivity contribution in [1.82, 2.24) is 0 Å². The van der Waals surface area contributed by atoms with Gasteiger partial charge in [0.05, 0.1) is 13.2 Å². The van der Waals surface area contributed by atoms with Gasteiger partial charge in [0, 0.05) is 13.7 Å². The van der Waals surface area contributed by atoms with E-state index in [-0.39, 0.29) is 0 Å². The first-order valence-corrected chi connectivity index (χ1v) is 7.22. The Hall–Kier alpha value is 0.150. The molecular weight excluding hydrogens is 259 g/mol. The number of ether oxygens (including phenoxy) is 2. The van der Waals surface area contributed by atoms with Gasteiger partial charge in [0.2, 0.25) is 0 Å². The van der Waals surface area contributed by atoms with Crippen LogP contribution in [0.4, 0.5) is 0 Å². The highest BCUT2D eigenvalue weighted by Crippen LogP contribution is 2.31. The lowest BCUT2D eigenvalue weighted by molar-refractivity contribution is -0.925. The quantitative estimate of drug-likeness (QED) is 0.324. The molecule has 2 unspecified atom stereocenters. The second-order valence-corrected chi connectivity index (χ2v) is 5.30. The molecule has 1 saturated heterocycles. The van der Waals surface area contributed by atoms with Crippen LogP contribution in [0.5, 0.6) is 0 Å². The standard InChI is InChI=1S/C10H24N2O5P/c1-14-18(13)17-9-5-12(4-8-16-10-12)3-7-15-6-2-11/h13H,2-11H2,1H3/q+1. The number of quaternary nitrogens is 1. The molecule has 0 saturated carbocycles. The number of nitrogens with zero attached hydrogens (tertiary/aromatic N) is 1. The Labute approximate surface area is 109 Å². The van der Waals surface area contributed by atoms with Gasteiger partial charge in [0.15, 0.2) is 6.73 Å². The first kappa shape index (κ1) is 16.2. The van der Waals surface area contributed by atoms with Crippen molar-refractivity contribution >= 4 is 8.60 Å². The second-order valence-electron chi connectivity index (χ2n) is 4.20. The maximum absolute atomic E-state index is 9.21. The molecule has 0 aliphatic carbocycles. The van der Waals surface area contributed by atoms with E-state index in [1.807, 2.05) is 0 Å². The smallest absolute Gasteiger partial charge is 0.329 e. The molecule has 0 aromatic heterocycles. The maximum atomic E-state index is 9.21. The molecule has 1 rings (SSSR count). The van der Waals surface area contributed by atoms with Gasteiger partial charge in [-0.3, -0.25) is 4.48 Å². The molecule has 1 aliphatic heterocycles. The van der Waals surface area contributed by atoms with Crippen LogP contribution < -0.4 is 5.73 Å². The summed E-state index contributed by atoms with van der Waals surface area (Å²) in [7, 11) is -0.312. The van der Waals surface area contributed by atoms with Crippen molar-refractivity contribution in [3.05, 3.63) is 0 Å². The Balaban J connectivity index is 2.24. The first-order chi connectivity index (χ1) is 8.72. The SMILES string of the molecule is COP(O)OCC[N+]1(CCOCCN)CCOC1. The van der Waals surface area contributed by atoms with Crippen LogP contribution in [0, 0.1) is 0 Å². The zero-order valence-electron chi connectivity index (χ0n) is 10.9. The molecule has 0 spiro atoms. The van der Waals surface area contributed by atoms with E-state index in [9.17, 15) is 4.89 Å². The van der Waals surface area contributed by atoms with Crippen molar-refractivity contribution in [2.24, 2.45) is 5.73 Å². The van der Waals surface area contributed by atoms with Gasteiger partial charge in [-0.05, 0) is 0 Å². The molecule has 2 atom stereocenters. The van der Waals surface area contributed by atoms with Gasteiger partial charge < -0.3 is 29.1 Å². The average molecular weight is 283 g/mol. The number of hydrogen-bond acceptors (Lipinski definition) is 6. The van der Waals surface area contributed by atoms with Crippen LogP contribution in [0.3, 0.4) is 0 Å². The Morgan fingerprint density at radius 1 is 1.33 bits per heavy atom. The lowest BCUT2D eigenvalue weighted by Crippen LogP contribution is -2.50. The van der Waals surface area contributed by atoms with Gasteiger partial charge in [-0.2, -0.15) is 0 Å². The fourth-order valence-electron chi connectivity index (χ4n) is 1.85. The highest BCUT2D eigenvalue weighted by atomic mass is 31.2. The summed E-state index contributed by atoms with van der Waals surface area (Å²) in [4.78, 5) is 9.21. The molecule has 0 amide bonds. The van der Waals surface area contributed by atoms with Crippen LogP contribution >= 0.6 is 8.60 Å². The van der Waals surface area contributed by atoms with Crippen LogP contribution in [0.1, 0.15) is 0 Å². The average Bonchev–Trinajstić information content (AvgIpc) is 2.84. The fourth-order valence-corrected chi connectivity index (χ4v) is 2.20. The van der Waals surface area contributed by atoms with E-state index >= 15 is 0 Å². The third kappa shape index (κ3) is 5.86. The lowest BCUT2D eigenvalue weighted by atomic mass is 10.4. The minimum absolute atomic E-state index is 0.455. The Morgan fingerprint density at radius 3 is 2.72 bits per heavy atom. The van der Waals surface area contributed by atoms with Gasteiger partial charge in [-0.1, -0.05) is 0 Å². The number of rotatable bonds is 10. The van der Waals surface area contributed by atoms with Gasteiger partial charge in [-0.15, -0.1) is 0 Å². The van der Waals surface area contributed by atoms with E-state index in [1.165, 1.54) is 7.11 Å². The summed E-state index contributed by atoms with van der Waals surface area (Å²) in [5.41, 5.74) is 5.37. The van der Waals surface area contributed by atoms with E-state index in [2.05, 4.69) is 4.52 Å². The molecule has 8 heteroatoms. The molecule has 0 bridgehead atoms. The van der Waals surface area contributed by atoms with E-state index in [0.29, 0.717) is 33.1 Å². The number of nitrogens with two attached hydrogens (primary N) is 1. The summed E-state index contributed by atoms with van der Waals surface area (Å²) in [6, 6.07) is 0. The summed E-state index contributed by atoms with van der Waals surface area (Å²) < 4.78 is 21.5. The third-order valence-corrected chi connectivity index (χ3v) is 3.69. The van der Waals surface area contributed by atoms with E-state index in [4.69, 9.17) is 19.7 Å². The van der Waals surface area contributed by atoms with E-state index < -0.39 is 8.60 Å². The molecule has 0 radical (unpaired) electrons. The highest BCUT2D eigenvalue weighted by molar-refractivity contribution is 7.40. The van der Waals surface area contributed by atoms with E-state index in [0.717, 1.165) is 30.7 Å².